The summed E-state index contributed by atoms with van der Waals surface area (Å²) in [4.78, 5) is 4.79. The van der Waals surface area contributed by atoms with E-state index in [-0.39, 0.29) is 0 Å². The zero-order chi connectivity index (χ0) is 15.4. The molecule has 2 unspecified atom stereocenters. The van der Waals surface area contributed by atoms with Crippen LogP contribution < -0.4 is 5.73 Å². The van der Waals surface area contributed by atoms with Crippen LogP contribution in [0.5, 0.6) is 0 Å². The highest BCUT2D eigenvalue weighted by Crippen LogP contribution is 2.40. The summed E-state index contributed by atoms with van der Waals surface area (Å²) in [6, 6.07) is 9.94. The van der Waals surface area contributed by atoms with E-state index in [0.29, 0.717) is 18.6 Å². The minimum absolute atomic E-state index is 0.323. The van der Waals surface area contributed by atoms with E-state index in [0.717, 1.165) is 19.0 Å². The van der Waals surface area contributed by atoms with Gasteiger partial charge in [0.25, 0.3) is 0 Å². The lowest BCUT2D eigenvalue weighted by molar-refractivity contribution is 0.131. The third-order valence-corrected chi connectivity index (χ3v) is 4.53. The molecule has 21 heavy (non-hydrogen) atoms. The van der Waals surface area contributed by atoms with Gasteiger partial charge in [0.2, 0.25) is 0 Å². The molecule has 1 aromatic carbocycles. The molecule has 1 aliphatic carbocycles. The second kappa shape index (κ2) is 7.39. The van der Waals surface area contributed by atoms with Crippen LogP contribution in [0.15, 0.2) is 24.3 Å². The van der Waals surface area contributed by atoms with Crippen molar-refractivity contribution in [2.75, 3.05) is 33.7 Å². The topological polar surface area (TPSA) is 32.5 Å². The molecule has 3 heteroatoms. The van der Waals surface area contributed by atoms with Crippen LogP contribution in [0.1, 0.15) is 49.8 Å². The van der Waals surface area contributed by atoms with Gasteiger partial charge >= 0.3 is 0 Å². The third-order valence-electron chi connectivity index (χ3n) is 4.53. The lowest BCUT2D eigenvalue weighted by Gasteiger charge is -2.36. The van der Waals surface area contributed by atoms with Crippen molar-refractivity contribution >= 4 is 0 Å². The second-order valence-electron chi connectivity index (χ2n) is 6.64. The maximum Gasteiger partial charge on any atom is 0.0473 e. The number of rotatable bonds is 8. The van der Waals surface area contributed by atoms with Crippen LogP contribution in [-0.2, 0) is 0 Å². The van der Waals surface area contributed by atoms with Gasteiger partial charge in [-0.1, -0.05) is 31.2 Å². The molecule has 0 spiro atoms. The van der Waals surface area contributed by atoms with Crippen molar-refractivity contribution in [2.45, 2.75) is 44.7 Å². The van der Waals surface area contributed by atoms with Gasteiger partial charge in [0, 0.05) is 25.2 Å². The summed E-state index contributed by atoms with van der Waals surface area (Å²) < 4.78 is 0. The van der Waals surface area contributed by atoms with Crippen LogP contribution in [0.25, 0.3) is 0 Å². The Kier molecular flexibility index (Phi) is 5.80. The fourth-order valence-electron chi connectivity index (χ4n) is 3.37. The van der Waals surface area contributed by atoms with Gasteiger partial charge in [0.15, 0.2) is 0 Å². The average molecular weight is 289 g/mol. The van der Waals surface area contributed by atoms with E-state index in [2.05, 4.69) is 62.0 Å². The zero-order valence-electron chi connectivity index (χ0n) is 14.0. The van der Waals surface area contributed by atoms with Gasteiger partial charge in [0.1, 0.15) is 0 Å². The SMILES string of the molecule is CCN(C(C)CN(C)C)C(CN)c1cccc(C2CC2)c1. The number of nitrogens with zero attached hydrogens (tertiary/aromatic N) is 2. The van der Waals surface area contributed by atoms with E-state index in [1.807, 2.05) is 0 Å². The molecule has 0 amide bonds. The number of nitrogens with two attached hydrogens (primary N) is 1. The Morgan fingerprint density at radius 3 is 2.52 bits per heavy atom. The van der Waals surface area contributed by atoms with Crippen molar-refractivity contribution in [2.24, 2.45) is 5.73 Å². The molecule has 2 rings (SSSR count). The Morgan fingerprint density at radius 2 is 2.00 bits per heavy atom. The molecule has 2 N–H and O–H groups in total. The summed E-state index contributed by atoms with van der Waals surface area (Å²) in [6.45, 7) is 7.31. The molecule has 1 aliphatic rings. The van der Waals surface area contributed by atoms with Crippen LogP contribution in [0.4, 0.5) is 0 Å². The first-order valence-corrected chi connectivity index (χ1v) is 8.27. The molecular formula is C18H31N3. The number of hydrogen-bond donors (Lipinski definition) is 1. The fraction of sp³-hybridized carbons (Fsp3) is 0.667. The Hall–Kier alpha value is -0.900. The lowest BCUT2D eigenvalue weighted by Crippen LogP contribution is -2.44. The fourth-order valence-corrected chi connectivity index (χ4v) is 3.37. The Labute approximate surface area is 130 Å². The molecule has 1 aromatic rings. The largest absolute Gasteiger partial charge is 0.329 e. The molecule has 0 radical (unpaired) electrons. The van der Waals surface area contributed by atoms with Gasteiger partial charge in [-0.15, -0.1) is 0 Å². The van der Waals surface area contributed by atoms with E-state index in [4.69, 9.17) is 5.73 Å². The predicted octanol–water partition coefficient (Wildman–Crippen LogP) is 2.84. The highest BCUT2D eigenvalue weighted by atomic mass is 15.2. The predicted molar refractivity (Wildman–Crippen MR) is 90.6 cm³/mol. The highest BCUT2D eigenvalue weighted by Gasteiger charge is 2.26. The lowest BCUT2D eigenvalue weighted by atomic mass is 9.99. The molecule has 3 nitrogen and oxygen atoms in total. The molecule has 118 valence electrons. The molecule has 0 bridgehead atoms. The van der Waals surface area contributed by atoms with Crippen molar-refractivity contribution in [3.05, 3.63) is 35.4 Å². The maximum absolute atomic E-state index is 6.14. The monoisotopic (exact) mass is 289 g/mol. The van der Waals surface area contributed by atoms with E-state index < -0.39 is 0 Å². The summed E-state index contributed by atoms with van der Waals surface area (Å²) in [7, 11) is 4.27. The molecular weight excluding hydrogens is 258 g/mol. The van der Waals surface area contributed by atoms with Gasteiger partial charge in [0.05, 0.1) is 0 Å². The van der Waals surface area contributed by atoms with Crippen molar-refractivity contribution in [1.82, 2.24) is 9.80 Å². The second-order valence-corrected chi connectivity index (χ2v) is 6.64. The molecule has 0 saturated heterocycles. The maximum atomic E-state index is 6.14. The van der Waals surface area contributed by atoms with Crippen LogP contribution in [0.3, 0.4) is 0 Å². The summed E-state index contributed by atoms with van der Waals surface area (Å²) in [5.41, 5.74) is 9.02. The number of hydrogen-bond acceptors (Lipinski definition) is 3. The molecule has 1 saturated carbocycles. The number of likely N-dealkylation sites (N-methyl/N-ethyl adjacent to an activating group) is 2. The van der Waals surface area contributed by atoms with Gasteiger partial charge in [-0.2, -0.15) is 0 Å². The molecule has 1 fully saturated rings. The van der Waals surface area contributed by atoms with Gasteiger partial charge in [-0.05, 0) is 57.5 Å². The van der Waals surface area contributed by atoms with Gasteiger partial charge in [-0.3, -0.25) is 4.90 Å². The van der Waals surface area contributed by atoms with E-state index in [9.17, 15) is 0 Å². The van der Waals surface area contributed by atoms with Crippen molar-refractivity contribution in [3.63, 3.8) is 0 Å². The summed E-state index contributed by atoms with van der Waals surface area (Å²) in [5.74, 6) is 0.803. The Balaban J connectivity index is 2.17. The summed E-state index contributed by atoms with van der Waals surface area (Å²) in [5, 5.41) is 0. The van der Waals surface area contributed by atoms with Crippen LogP contribution in [0, 0.1) is 0 Å². The van der Waals surface area contributed by atoms with E-state index >= 15 is 0 Å². The Morgan fingerprint density at radius 1 is 1.29 bits per heavy atom. The minimum atomic E-state index is 0.323. The molecule has 0 aliphatic heterocycles. The van der Waals surface area contributed by atoms with Crippen LogP contribution >= 0.6 is 0 Å². The van der Waals surface area contributed by atoms with E-state index in [1.54, 1.807) is 0 Å². The smallest absolute Gasteiger partial charge is 0.0473 e. The van der Waals surface area contributed by atoms with Gasteiger partial charge in [-0.25, -0.2) is 0 Å². The van der Waals surface area contributed by atoms with Crippen molar-refractivity contribution in [3.8, 4) is 0 Å². The number of benzene rings is 1. The first-order valence-electron chi connectivity index (χ1n) is 8.27. The van der Waals surface area contributed by atoms with Crippen molar-refractivity contribution in [1.29, 1.82) is 0 Å². The Bertz CT molecular complexity index is 440. The van der Waals surface area contributed by atoms with Crippen LogP contribution in [0.2, 0.25) is 0 Å². The van der Waals surface area contributed by atoms with E-state index in [1.165, 1.54) is 24.0 Å². The van der Waals surface area contributed by atoms with Crippen LogP contribution in [-0.4, -0.2) is 49.6 Å². The first-order chi connectivity index (χ1) is 10.1. The molecule has 2 atom stereocenters. The average Bonchev–Trinajstić information content (AvgIpc) is 3.28. The molecule has 0 aromatic heterocycles. The zero-order valence-corrected chi connectivity index (χ0v) is 14.0. The summed E-state index contributed by atoms with van der Waals surface area (Å²) in [6.07, 6.45) is 2.70. The highest BCUT2D eigenvalue weighted by molar-refractivity contribution is 5.31. The van der Waals surface area contributed by atoms with Crippen molar-refractivity contribution < 1.29 is 0 Å². The quantitative estimate of drug-likeness (QED) is 0.799. The molecule has 0 heterocycles. The van der Waals surface area contributed by atoms with Gasteiger partial charge < -0.3 is 10.6 Å². The normalized spacial score (nSPS) is 18.2. The summed E-state index contributed by atoms with van der Waals surface area (Å²) >= 11 is 0. The first kappa shape index (κ1) is 16.5. The minimum Gasteiger partial charge on any atom is -0.329 e. The third kappa shape index (κ3) is 4.29. The standard InChI is InChI=1S/C18H31N3/c1-5-21(14(2)13-20(3)4)18(12-19)17-8-6-7-16(11-17)15-9-10-15/h6-8,11,14-15,18H,5,9-10,12-13,19H2,1-4H3.